The van der Waals surface area contributed by atoms with Gasteiger partial charge in [-0.25, -0.2) is 0 Å². The molecule has 138 valence electrons. The largest absolute Gasteiger partial charge is 0.482 e. The Balaban J connectivity index is 1.55. The van der Waals surface area contributed by atoms with E-state index in [1.54, 1.807) is 16.2 Å². The number of ether oxygens (including phenoxy) is 1. The first kappa shape index (κ1) is 18.4. The van der Waals surface area contributed by atoms with Crippen LogP contribution < -0.4 is 15.0 Å². The van der Waals surface area contributed by atoms with Gasteiger partial charge in [0.05, 0.1) is 11.7 Å². The smallest absolute Gasteiger partial charge is 0.265 e. The van der Waals surface area contributed by atoms with Crippen molar-refractivity contribution in [2.24, 2.45) is 0 Å². The van der Waals surface area contributed by atoms with Gasteiger partial charge in [0.2, 0.25) is 5.91 Å². The van der Waals surface area contributed by atoms with Gasteiger partial charge in [0.15, 0.2) is 6.61 Å². The number of anilines is 1. The van der Waals surface area contributed by atoms with Crippen LogP contribution >= 0.6 is 11.3 Å². The first-order chi connectivity index (χ1) is 12.6. The molecule has 6 nitrogen and oxygen atoms in total. The van der Waals surface area contributed by atoms with Crippen LogP contribution in [0.2, 0.25) is 0 Å². The van der Waals surface area contributed by atoms with Gasteiger partial charge < -0.3 is 19.9 Å². The van der Waals surface area contributed by atoms with E-state index >= 15 is 0 Å². The number of nitrogens with one attached hydrogen (secondary N) is 1. The summed E-state index contributed by atoms with van der Waals surface area (Å²) in [5.41, 5.74) is 0.723. The molecule has 0 fully saturated rings. The minimum absolute atomic E-state index is 0.0136. The Labute approximate surface area is 157 Å². The van der Waals surface area contributed by atoms with Crippen molar-refractivity contribution in [2.45, 2.75) is 12.5 Å². The van der Waals surface area contributed by atoms with Crippen molar-refractivity contribution in [3.63, 3.8) is 0 Å². The van der Waals surface area contributed by atoms with Crippen LogP contribution in [-0.2, 0) is 9.59 Å². The van der Waals surface area contributed by atoms with Crippen LogP contribution in [0, 0.1) is 0 Å². The highest BCUT2D eigenvalue weighted by Crippen LogP contribution is 2.31. The van der Waals surface area contributed by atoms with E-state index in [1.807, 2.05) is 49.8 Å². The molecule has 0 spiro atoms. The van der Waals surface area contributed by atoms with Crippen molar-refractivity contribution in [1.82, 2.24) is 10.2 Å². The van der Waals surface area contributed by atoms with Crippen molar-refractivity contribution in [2.75, 3.05) is 38.7 Å². The molecule has 1 aromatic heterocycles. The second-order valence-electron chi connectivity index (χ2n) is 6.35. The Morgan fingerprint density at radius 2 is 2.12 bits per heavy atom. The van der Waals surface area contributed by atoms with E-state index in [1.165, 1.54) is 4.88 Å². The van der Waals surface area contributed by atoms with Gasteiger partial charge in [-0.3, -0.25) is 9.59 Å². The average Bonchev–Trinajstić information content (AvgIpc) is 3.15. The van der Waals surface area contributed by atoms with E-state index in [0.717, 1.165) is 5.69 Å². The number of thiophene rings is 1. The Morgan fingerprint density at radius 1 is 1.31 bits per heavy atom. The molecule has 1 aliphatic heterocycles. The maximum atomic E-state index is 12.3. The molecule has 1 aromatic carbocycles. The lowest BCUT2D eigenvalue weighted by atomic mass is 10.2. The summed E-state index contributed by atoms with van der Waals surface area (Å²) in [7, 11) is 4.00. The zero-order valence-corrected chi connectivity index (χ0v) is 15.8. The number of likely N-dealkylation sites (N-methyl/N-ethyl adjacent to an activating group) is 1. The molecule has 2 aromatic rings. The van der Waals surface area contributed by atoms with E-state index < -0.39 is 0 Å². The highest BCUT2D eigenvalue weighted by molar-refractivity contribution is 7.10. The molecule has 7 heteroatoms. The molecular weight excluding hydrogens is 350 g/mol. The SMILES string of the molecule is CN(C)C(CNC(=O)CCN1C(=O)COc2ccccc21)c1cccs1. The normalized spacial score (nSPS) is 14.7. The molecule has 3 rings (SSSR count). The maximum Gasteiger partial charge on any atom is 0.265 e. The second-order valence-corrected chi connectivity index (χ2v) is 7.33. The quantitative estimate of drug-likeness (QED) is 0.809. The van der Waals surface area contributed by atoms with Crippen molar-refractivity contribution in [3.8, 4) is 5.75 Å². The Morgan fingerprint density at radius 3 is 2.85 bits per heavy atom. The van der Waals surface area contributed by atoms with Gasteiger partial charge in [-0.2, -0.15) is 0 Å². The molecule has 1 unspecified atom stereocenters. The number of carbonyl (C=O) groups is 2. The van der Waals surface area contributed by atoms with E-state index in [2.05, 4.69) is 16.3 Å². The van der Waals surface area contributed by atoms with Crippen molar-refractivity contribution < 1.29 is 14.3 Å². The number of nitrogens with zero attached hydrogens (tertiary/aromatic N) is 2. The Bertz CT molecular complexity index is 761. The number of fused-ring (bicyclic) bond motifs is 1. The summed E-state index contributed by atoms with van der Waals surface area (Å²) < 4.78 is 5.42. The molecule has 0 saturated carbocycles. The third-order valence-corrected chi connectivity index (χ3v) is 5.33. The first-order valence-electron chi connectivity index (χ1n) is 8.55. The fourth-order valence-electron chi connectivity index (χ4n) is 2.93. The lowest BCUT2D eigenvalue weighted by Gasteiger charge is -2.29. The molecule has 0 bridgehead atoms. The zero-order chi connectivity index (χ0) is 18.5. The highest BCUT2D eigenvalue weighted by atomic mass is 32.1. The van der Waals surface area contributed by atoms with Crippen molar-refractivity contribution in [3.05, 3.63) is 46.7 Å². The summed E-state index contributed by atoms with van der Waals surface area (Å²) in [5, 5.41) is 5.02. The van der Waals surface area contributed by atoms with Gasteiger partial charge in [-0.15, -0.1) is 11.3 Å². The minimum Gasteiger partial charge on any atom is -0.482 e. The molecule has 1 N–H and O–H groups in total. The first-order valence-corrected chi connectivity index (χ1v) is 9.43. The molecule has 2 heterocycles. The van der Waals surface area contributed by atoms with Crippen molar-refractivity contribution in [1.29, 1.82) is 0 Å². The van der Waals surface area contributed by atoms with Gasteiger partial charge in [-0.05, 0) is 37.7 Å². The third kappa shape index (κ3) is 4.23. The van der Waals surface area contributed by atoms with E-state index in [9.17, 15) is 9.59 Å². The zero-order valence-electron chi connectivity index (χ0n) is 15.0. The lowest BCUT2D eigenvalue weighted by Crippen LogP contribution is -2.41. The molecule has 1 aliphatic rings. The molecule has 0 aliphatic carbocycles. The summed E-state index contributed by atoms with van der Waals surface area (Å²) in [6.45, 7) is 0.899. The van der Waals surface area contributed by atoms with Gasteiger partial charge >= 0.3 is 0 Å². The Hall–Kier alpha value is -2.38. The van der Waals surface area contributed by atoms with Gasteiger partial charge in [0, 0.05) is 24.4 Å². The highest BCUT2D eigenvalue weighted by Gasteiger charge is 2.25. The van der Waals surface area contributed by atoms with Gasteiger partial charge in [-0.1, -0.05) is 18.2 Å². The molecule has 0 saturated heterocycles. The summed E-state index contributed by atoms with van der Waals surface area (Å²) >= 11 is 1.68. The van der Waals surface area contributed by atoms with E-state index in [0.29, 0.717) is 18.8 Å². The van der Waals surface area contributed by atoms with Crippen LogP contribution in [0.3, 0.4) is 0 Å². The lowest BCUT2D eigenvalue weighted by molar-refractivity contribution is -0.122. The summed E-state index contributed by atoms with van der Waals surface area (Å²) in [5.74, 6) is 0.490. The summed E-state index contributed by atoms with van der Waals surface area (Å²) in [6.07, 6.45) is 0.255. The van der Waals surface area contributed by atoms with E-state index in [-0.39, 0.29) is 30.9 Å². The van der Waals surface area contributed by atoms with Crippen LogP contribution in [0.1, 0.15) is 17.3 Å². The number of hydrogen-bond acceptors (Lipinski definition) is 5. The van der Waals surface area contributed by atoms with Crippen LogP contribution in [0.25, 0.3) is 0 Å². The van der Waals surface area contributed by atoms with Crippen LogP contribution in [0.5, 0.6) is 5.75 Å². The topological polar surface area (TPSA) is 61.9 Å². The number of carbonyl (C=O) groups excluding carboxylic acids is 2. The van der Waals surface area contributed by atoms with Crippen LogP contribution in [-0.4, -0.2) is 50.5 Å². The van der Waals surface area contributed by atoms with Crippen LogP contribution in [0.15, 0.2) is 41.8 Å². The van der Waals surface area contributed by atoms with Gasteiger partial charge in [0.25, 0.3) is 5.91 Å². The summed E-state index contributed by atoms with van der Waals surface area (Å²) in [6, 6.07) is 11.6. The van der Waals surface area contributed by atoms with Crippen molar-refractivity contribution >= 4 is 28.8 Å². The molecular formula is C19H23N3O3S. The number of hydrogen-bond donors (Lipinski definition) is 1. The maximum absolute atomic E-state index is 12.3. The average molecular weight is 373 g/mol. The van der Waals surface area contributed by atoms with Crippen LogP contribution in [0.4, 0.5) is 5.69 Å². The number of benzene rings is 1. The standard InChI is InChI=1S/C19H23N3O3S/c1-21(2)15(17-8-5-11-26-17)12-20-18(23)9-10-22-14-6-3-4-7-16(14)25-13-19(22)24/h3-8,11,15H,9-10,12-13H2,1-2H3,(H,20,23). The second kappa shape index (κ2) is 8.33. The molecule has 2 amide bonds. The minimum atomic E-state index is -0.124. The monoisotopic (exact) mass is 373 g/mol. The Kier molecular flexibility index (Phi) is 5.90. The number of amides is 2. The predicted molar refractivity (Wildman–Crippen MR) is 103 cm³/mol. The molecule has 1 atom stereocenters. The summed E-state index contributed by atoms with van der Waals surface area (Å²) in [4.78, 5) is 29.4. The van der Waals surface area contributed by atoms with Gasteiger partial charge in [0.1, 0.15) is 5.75 Å². The molecule has 26 heavy (non-hydrogen) atoms. The number of para-hydroxylation sites is 2. The van der Waals surface area contributed by atoms with E-state index in [4.69, 9.17) is 4.74 Å². The fourth-order valence-corrected chi connectivity index (χ4v) is 3.85. The number of rotatable bonds is 7. The predicted octanol–water partition coefficient (Wildman–Crippen LogP) is 2.28. The third-order valence-electron chi connectivity index (χ3n) is 4.36. The molecule has 0 radical (unpaired) electrons. The fraction of sp³-hybridized carbons (Fsp3) is 0.368.